The maximum atomic E-state index is 13.4. The number of hydrogen-bond donors (Lipinski definition) is 2. The van der Waals surface area contributed by atoms with Crippen molar-refractivity contribution < 1.29 is 19.0 Å². The summed E-state index contributed by atoms with van der Waals surface area (Å²) >= 11 is 5.86. The van der Waals surface area contributed by atoms with Crippen LogP contribution in [0.25, 0.3) is 10.8 Å². The van der Waals surface area contributed by atoms with Crippen LogP contribution in [-0.2, 0) is 6.42 Å². The molecule has 1 unspecified atom stereocenters. The Morgan fingerprint density at radius 1 is 1.12 bits per heavy atom. The summed E-state index contributed by atoms with van der Waals surface area (Å²) in [5, 5.41) is 14.2. The summed E-state index contributed by atoms with van der Waals surface area (Å²) in [5.74, 6) is -0.376. The Morgan fingerprint density at radius 2 is 1.85 bits per heavy atom. The van der Waals surface area contributed by atoms with Gasteiger partial charge < -0.3 is 15.2 Å². The van der Waals surface area contributed by atoms with Gasteiger partial charge in [0.2, 0.25) is 5.88 Å². The van der Waals surface area contributed by atoms with Gasteiger partial charge in [0, 0.05) is 24.9 Å². The van der Waals surface area contributed by atoms with Crippen molar-refractivity contribution in [2.75, 3.05) is 11.9 Å². The fraction of sp³-hybridized carbons (Fsp3) is 0.160. The van der Waals surface area contributed by atoms with E-state index in [-0.39, 0.29) is 16.6 Å². The average Bonchev–Trinajstić information content (AvgIpc) is 2.81. The maximum absolute atomic E-state index is 13.4. The SMILES string of the molecule is CC(Nc1nccc2ccnc(OCCc3ccc(F)c(Cl)c3)c12)c1ccc(C(=O)O)cc1. The highest BCUT2D eigenvalue weighted by molar-refractivity contribution is 6.30. The third-order valence-electron chi connectivity index (χ3n) is 5.27. The Balaban J connectivity index is 1.54. The van der Waals surface area contributed by atoms with E-state index in [1.165, 1.54) is 6.07 Å². The van der Waals surface area contributed by atoms with Crippen molar-refractivity contribution in [1.29, 1.82) is 0 Å². The van der Waals surface area contributed by atoms with Crippen molar-refractivity contribution in [2.24, 2.45) is 0 Å². The molecule has 0 saturated carbocycles. The number of ether oxygens (including phenoxy) is 1. The van der Waals surface area contributed by atoms with Gasteiger partial charge in [-0.25, -0.2) is 19.2 Å². The Hall–Kier alpha value is -3.71. The minimum atomic E-state index is -0.964. The fourth-order valence-corrected chi connectivity index (χ4v) is 3.68. The molecule has 33 heavy (non-hydrogen) atoms. The van der Waals surface area contributed by atoms with Crippen LogP contribution < -0.4 is 10.1 Å². The van der Waals surface area contributed by atoms with Crippen LogP contribution in [0.3, 0.4) is 0 Å². The molecule has 6 nitrogen and oxygen atoms in total. The molecule has 0 spiro atoms. The Kier molecular flexibility index (Phi) is 6.70. The first kappa shape index (κ1) is 22.5. The molecule has 4 aromatic rings. The number of carboxylic acid groups (broad SMARTS) is 1. The average molecular weight is 466 g/mol. The lowest BCUT2D eigenvalue weighted by Gasteiger charge is -2.18. The van der Waals surface area contributed by atoms with Gasteiger partial charge in [-0.05, 0) is 59.8 Å². The van der Waals surface area contributed by atoms with Gasteiger partial charge in [0.1, 0.15) is 11.6 Å². The number of carbonyl (C=O) groups is 1. The molecule has 0 saturated heterocycles. The molecule has 2 aromatic heterocycles. The zero-order chi connectivity index (χ0) is 23.4. The number of anilines is 1. The highest BCUT2D eigenvalue weighted by Gasteiger charge is 2.14. The van der Waals surface area contributed by atoms with Crippen LogP contribution in [0.15, 0.2) is 67.0 Å². The number of hydrogen-bond acceptors (Lipinski definition) is 5. The molecule has 0 fully saturated rings. The molecule has 0 radical (unpaired) electrons. The smallest absolute Gasteiger partial charge is 0.335 e. The first-order chi connectivity index (χ1) is 15.9. The van der Waals surface area contributed by atoms with E-state index in [4.69, 9.17) is 21.4 Å². The number of nitrogens with zero attached hydrogens (tertiary/aromatic N) is 2. The molecule has 0 aliphatic heterocycles. The van der Waals surface area contributed by atoms with Crippen LogP contribution in [0.1, 0.15) is 34.5 Å². The predicted molar refractivity (Wildman–Crippen MR) is 126 cm³/mol. The minimum Gasteiger partial charge on any atom is -0.478 e. The molecule has 8 heteroatoms. The molecule has 4 rings (SSSR count). The van der Waals surface area contributed by atoms with Crippen LogP contribution in [0, 0.1) is 5.82 Å². The summed E-state index contributed by atoms with van der Waals surface area (Å²) in [4.78, 5) is 20.0. The zero-order valence-electron chi connectivity index (χ0n) is 17.8. The molecule has 1 atom stereocenters. The number of nitrogens with one attached hydrogen (secondary N) is 1. The highest BCUT2D eigenvalue weighted by Crippen LogP contribution is 2.31. The molecule has 2 heterocycles. The number of benzene rings is 2. The summed E-state index contributed by atoms with van der Waals surface area (Å²) in [5.41, 5.74) is 2.01. The van der Waals surface area contributed by atoms with Gasteiger partial charge in [-0.15, -0.1) is 0 Å². The van der Waals surface area contributed by atoms with Crippen LogP contribution in [0.4, 0.5) is 10.2 Å². The van der Waals surface area contributed by atoms with Crippen molar-refractivity contribution in [2.45, 2.75) is 19.4 Å². The molecule has 0 aliphatic carbocycles. The van der Waals surface area contributed by atoms with Crippen LogP contribution in [0.5, 0.6) is 5.88 Å². The molecule has 2 N–H and O–H groups in total. The topological polar surface area (TPSA) is 84.3 Å². The van der Waals surface area contributed by atoms with E-state index >= 15 is 0 Å². The van der Waals surface area contributed by atoms with Gasteiger partial charge >= 0.3 is 5.97 Å². The van der Waals surface area contributed by atoms with Crippen molar-refractivity contribution in [3.8, 4) is 5.88 Å². The first-order valence-electron chi connectivity index (χ1n) is 10.3. The lowest BCUT2D eigenvalue weighted by Crippen LogP contribution is -2.10. The third kappa shape index (κ3) is 5.21. The van der Waals surface area contributed by atoms with E-state index in [0.29, 0.717) is 24.7 Å². The first-order valence-corrected chi connectivity index (χ1v) is 10.7. The lowest BCUT2D eigenvalue weighted by atomic mass is 10.1. The number of pyridine rings is 2. The maximum Gasteiger partial charge on any atom is 0.335 e. The molecule has 0 aliphatic rings. The summed E-state index contributed by atoms with van der Waals surface area (Å²) in [6.07, 6.45) is 3.91. The summed E-state index contributed by atoms with van der Waals surface area (Å²) in [6, 6.07) is 14.9. The van der Waals surface area contributed by atoms with E-state index in [2.05, 4.69) is 15.3 Å². The fourth-order valence-electron chi connectivity index (χ4n) is 3.47. The summed E-state index contributed by atoms with van der Waals surface area (Å²) < 4.78 is 19.3. The van der Waals surface area contributed by atoms with Crippen LogP contribution in [-0.4, -0.2) is 27.7 Å². The second-order valence-corrected chi connectivity index (χ2v) is 7.92. The lowest BCUT2D eigenvalue weighted by molar-refractivity contribution is 0.0697. The van der Waals surface area contributed by atoms with Crippen molar-refractivity contribution in [3.05, 3.63) is 94.5 Å². The number of halogens is 2. The van der Waals surface area contributed by atoms with Gasteiger partial charge in [-0.3, -0.25) is 0 Å². The van der Waals surface area contributed by atoms with E-state index in [1.807, 2.05) is 19.1 Å². The van der Waals surface area contributed by atoms with E-state index in [9.17, 15) is 9.18 Å². The van der Waals surface area contributed by atoms with E-state index in [0.717, 1.165) is 21.9 Å². The second-order valence-electron chi connectivity index (χ2n) is 7.51. The molecular formula is C25H21ClFN3O3. The van der Waals surface area contributed by atoms with Gasteiger partial charge in [0.15, 0.2) is 0 Å². The number of rotatable bonds is 8. The standard InChI is InChI=1S/C25H21ClFN3O3/c1-15(17-3-5-19(6-4-17)25(31)32)30-23-22-18(8-11-28-23)9-12-29-24(22)33-13-10-16-2-7-21(27)20(26)14-16/h2-9,11-12,14-15H,10,13H2,1H3,(H,28,30)(H,31,32). The van der Waals surface area contributed by atoms with Gasteiger partial charge in [0.25, 0.3) is 0 Å². The molecular weight excluding hydrogens is 445 g/mol. The minimum absolute atomic E-state index is 0.0804. The van der Waals surface area contributed by atoms with Gasteiger partial charge in [-0.2, -0.15) is 0 Å². The Bertz CT molecular complexity index is 1290. The van der Waals surface area contributed by atoms with E-state index < -0.39 is 11.8 Å². The quantitative estimate of drug-likeness (QED) is 0.336. The van der Waals surface area contributed by atoms with Crippen LogP contribution >= 0.6 is 11.6 Å². The Morgan fingerprint density at radius 3 is 2.55 bits per heavy atom. The van der Waals surface area contributed by atoms with Crippen LogP contribution in [0.2, 0.25) is 5.02 Å². The van der Waals surface area contributed by atoms with Gasteiger partial charge in [-0.1, -0.05) is 29.8 Å². The number of fused-ring (bicyclic) bond motifs is 1. The van der Waals surface area contributed by atoms with Crippen molar-refractivity contribution >= 4 is 34.2 Å². The van der Waals surface area contributed by atoms with E-state index in [1.54, 1.807) is 48.8 Å². The molecule has 168 valence electrons. The number of carboxylic acids is 1. The monoisotopic (exact) mass is 465 g/mol. The predicted octanol–water partition coefficient (Wildman–Crippen LogP) is 5.92. The number of aromatic nitrogens is 2. The largest absolute Gasteiger partial charge is 0.478 e. The molecule has 0 bridgehead atoms. The highest BCUT2D eigenvalue weighted by atomic mass is 35.5. The van der Waals surface area contributed by atoms with Gasteiger partial charge in [0.05, 0.1) is 22.6 Å². The van der Waals surface area contributed by atoms with Crippen molar-refractivity contribution in [1.82, 2.24) is 9.97 Å². The summed E-state index contributed by atoms with van der Waals surface area (Å²) in [6.45, 7) is 2.29. The molecule has 0 amide bonds. The zero-order valence-corrected chi connectivity index (χ0v) is 18.5. The Labute approximate surface area is 195 Å². The molecule has 2 aromatic carbocycles. The normalized spacial score (nSPS) is 11.8. The second kappa shape index (κ2) is 9.83. The summed E-state index contributed by atoms with van der Waals surface area (Å²) in [7, 11) is 0. The number of aromatic carboxylic acids is 1. The van der Waals surface area contributed by atoms with Crippen molar-refractivity contribution in [3.63, 3.8) is 0 Å². The third-order valence-corrected chi connectivity index (χ3v) is 5.56.